The topological polar surface area (TPSA) is 85.8 Å². The van der Waals surface area contributed by atoms with Crippen LogP contribution < -0.4 is 9.62 Å². The average molecular weight is 300 g/mol. The smallest absolute Gasteiger partial charge is 0.241 e. The zero-order chi connectivity index (χ0) is 14.6. The lowest BCUT2D eigenvalue weighted by molar-refractivity contribution is 0.188. The van der Waals surface area contributed by atoms with Gasteiger partial charge in [0.25, 0.3) is 0 Å². The van der Waals surface area contributed by atoms with Crippen molar-refractivity contribution < 1.29 is 13.5 Å². The van der Waals surface area contributed by atoms with Crippen molar-refractivity contribution in [3.05, 3.63) is 18.3 Å². The van der Waals surface area contributed by atoms with E-state index in [0.717, 1.165) is 32.0 Å². The third-order valence-corrected chi connectivity index (χ3v) is 4.81. The van der Waals surface area contributed by atoms with Crippen LogP contribution in [-0.4, -0.2) is 69.8 Å². The van der Waals surface area contributed by atoms with E-state index in [1.807, 2.05) is 0 Å². The minimum Gasteiger partial charge on any atom is -0.395 e. The van der Waals surface area contributed by atoms with Crippen LogP contribution in [0.25, 0.3) is 0 Å². The van der Waals surface area contributed by atoms with Crippen LogP contribution in [0.2, 0.25) is 0 Å². The molecule has 1 aliphatic rings. The first kappa shape index (κ1) is 15.2. The van der Waals surface area contributed by atoms with Crippen LogP contribution in [0.15, 0.2) is 23.2 Å². The molecule has 20 heavy (non-hydrogen) atoms. The zero-order valence-corrected chi connectivity index (χ0v) is 12.3. The highest BCUT2D eigenvalue weighted by Crippen LogP contribution is 2.16. The monoisotopic (exact) mass is 300 g/mol. The number of sulfonamides is 1. The normalized spacial score (nSPS) is 17.4. The summed E-state index contributed by atoms with van der Waals surface area (Å²) < 4.78 is 25.5. The fraction of sp³-hybridized carbons (Fsp3) is 0.583. The molecule has 0 unspecified atom stereocenters. The first-order valence-corrected chi connectivity index (χ1v) is 8.03. The molecule has 2 rings (SSSR count). The number of aromatic nitrogens is 1. The van der Waals surface area contributed by atoms with Crippen molar-refractivity contribution in [1.29, 1.82) is 0 Å². The number of pyridine rings is 1. The van der Waals surface area contributed by atoms with Crippen LogP contribution in [-0.2, 0) is 10.0 Å². The first-order valence-electron chi connectivity index (χ1n) is 6.54. The molecule has 1 aliphatic heterocycles. The lowest BCUT2D eigenvalue weighted by Crippen LogP contribution is -2.47. The van der Waals surface area contributed by atoms with Gasteiger partial charge in [-0.15, -0.1) is 0 Å². The van der Waals surface area contributed by atoms with E-state index in [9.17, 15) is 8.42 Å². The van der Waals surface area contributed by atoms with E-state index in [4.69, 9.17) is 5.11 Å². The summed E-state index contributed by atoms with van der Waals surface area (Å²) in [6, 6.07) is 3.29. The fourth-order valence-electron chi connectivity index (χ4n) is 2.18. The lowest BCUT2D eigenvalue weighted by atomic mass is 10.3. The summed E-state index contributed by atoms with van der Waals surface area (Å²) in [6.45, 7) is 4.27. The Hall–Kier alpha value is -1.22. The zero-order valence-electron chi connectivity index (χ0n) is 11.5. The van der Waals surface area contributed by atoms with Gasteiger partial charge < -0.3 is 10.0 Å². The second kappa shape index (κ2) is 6.49. The maximum atomic E-state index is 11.6. The van der Waals surface area contributed by atoms with E-state index in [0.29, 0.717) is 6.54 Å². The van der Waals surface area contributed by atoms with E-state index in [1.165, 1.54) is 13.2 Å². The van der Waals surface area contributed by atoms with Gasteiger partial charge in [-0.3, -0.25) is 4.90 Å². The van der Waals surface area contributed by atoms with Crippen LogP contribution in [0.1, 0.15) is 0 Å². The van der Waals surface area contributed by atoms with Gasteiger partial charge in [-0.05, 0) is 19.2 Å². The third kappa shape index (κ3) is 3.45. The first-order chi connectivity index (χ1) is 9.56. The van der Waals surface area contributed by atoms with Crippen LogP contribution >= 0.6 is 0 Å². The molecular weight excluding hydrogens is 280 g/mol. The summed E-state index contributed by atoms with van der Waals surface area (Å²) >= 11 is 0. The quantitative estimate of drug-likeness (QED) is 0.733. The Bertz CT molecular complexity index is 524. The largest absolute Gasteiger partial charge is 0.395 e. The third-order valence-electron chi connectivity index (χ3n) is 3.41. The predicted octanol–water partition coefficient (Wildman–Crippen LogP) is -0.896. The van der Waals surface area contributed by atoms with E-state index in [1.54, 1.807) is 12.1 Å². The van der Waals surface area contributed by atoms with Crippen molar-refractivity contribution in [3.63, 3.8) is 0 Å². The molecular formula is C12H20N4O3S. The second-order valence-electron chi connectivity index (χ2n) is 4.61. The molecule has 0 amide bonds. The van der Waals surface area contributed by atoms with Crippen LogP contribution in [0.4, 0.5) is 5.82 Å². The van der Waals surface area contributed by atoms with E-state index >= 15 is 0 Å². The molecule has 0 atom stereocenters. The highest BCUT2D eigenvalue weighted by Gasteiger charge is 2.18. The van der Waals surface area contributed by atoms with Gasteiger partial charge in [0.1, 0.15) is 10.7 Å². The molecule has 0 bridgehead atoms. The van der Waals surface area contributed by atoms with Crippen molar-refractivity contribution in [2.24, 2.45) is 0 Å². The van der Waals surface area contributed by atoms with Gasteiger partial charge in [0, 0.05) is 38.9 Å². The van der Waals surface area contributed by atoms with Gasteiger partial charge >= 0.3 is 0 Å². The molecule has 7 nitrogen and oxygen atoms in total. The molecule has 0 spiro atoms. The molecule has 1 aromatic heterocycles. The standard InChI is InChI=1S/C12H20N4O3S/c1-13-20(18,19)11-2-3-12(14-10-11)16-6-4-15(5-7-16)8-9-17/h2-3,10,13,17H,4-9H2,1H3. The molecule has 2 heterocycles. The second-order valence-corrected chi connectivity index (χ2v) is 6.50. The number of rotatable bonds is 5. The number of nitrogens with one attached hydrogen (secondary N) is 1. The minimum absolute atomic E-state index is 0.169. The number of aliphatic hydroxyl groups is 1. The average Bonchev–Trinajstić information content (AvgIpc) is 2.48. The maximum Gasteiger partial charge on any atom is 0.241 e. The van der Waals surface area contributed by atoms with Crippen molar-refractivity contribution in [3.8, 4) is 0 Å². The summed E-state index contributed by atoms with van der Waals surface area (Å²) in [4.78, 5) is 8.70. The fourth-order valence-corrected chi connectivity index (χ4v) is 2.85. The number of β-amino-alcohol motifs (C(OH)–C–C–N with tert-alkyl or cyclic N) is 1. The molecule has 1 saturated heterocycles. The number of hydrogen-bond donors (Lipinski definition) is 2. The van der Waals surface area contributed by atoms with E-state index in [-0.39, 0.29) is 11.5 Å². The number of anilines is 1. The highest BCUT2D eigenvalue weighted by molar-refractivity contribution is 7.89. The van der Waals surface area contributed by atoms with Crippen molar-refractivity contribution in [2.45, 2.75) is 4.90 Å². The molecule has 0 radical (unpaired) electrons. The summed E-state index contributed by atoms with van der Waals surface area (Å²) in [6.07, 6.45) is 1.38. The number of aliphatic hydroxyl groups excluding tert-OH is 1. The number of piperazine rings is 1. The summed E-state index contributed by atoms with van der Waals surface area (Å²) in [7, 11) is -2.05. The Labute approximate surface area is 119 Å². The minimum atomic E-state index is -3.43. The number of nitrogens with zero attached hydrogens (tertiary/aromatic N) is 3. The molecule has 0 aromatic carbocycles. The van der Waals surface area contributed by atoms with Gasteiger partial charge in [-0.1, -0.05) is 0 Å². The summed E-state index contributed by atoms with van der Waals surface area (Å²) in [5.74, 6) is 0.781. The van der Waals surface area contributed by atoms with Gasteiger partial charge in [-0.2, -0.15) is 0 Å². The van der Waals surface area contributed by atoms with Crippen LogP contribution in [0, 0.1) is 0 Å². The van der Waals surface area contributed by atoms with Gasteiger partial charge in [0.05, 0.1) is 6.61 Å². The van der Waals surface area contributed by atoms with Crippen molar-refractivity contribution in [1.82, 2.24) is 14.6 Å². The van der Waals surface area contributed by atoms with Gasteiger partial charge in [0.15, 0.2) is 0 Å². The molecule has 1 aromatic rings. The van der Waals surface area contributed by atoms with Crippen LogP contribution in [0.3, 0.4) is 0 Å². The molecule has 0 saturated carbocycles. The Kier molecular flexibility index (Phi) is 4.92. The SMILES string of the molecule is CNS(=O)(=O)c1ccc(N2CCN(CCO)CC2)nc1. The maximum absolute atomic E-state index is 11.6. The lowest BCUT2D eigenvalue weighted by Gasteiger charge is -2.35. The molecule has 1 fully saturated rings. The molecule has 112 valence electrons. The van der Waals surface area contributed by atoms with Crippen molar-refractivity contribution >= 4 is 15.8 Å². The summed E-state index contributed by atoms with van der Waals surface area (Å²) in [5, 5.41) is 8.90. The van der Waals surface area contributed by atoms with Crippen molar-refractivity contribution in [2.75, 3.05) is 51.3 Å². The van der Waals surface area contributed by atoms with Crippen LogP contribution in [0.5, 0.6) is 0 Å². The van der Waals surface area contributed by atoms with E-state index in [2.05, 4.69) is 19.5 Å². The van der Waals surface area contributed by atoms with Gasteiger partial charge in [-0.25, -0.2) is 18.1 Å². The Morgan fingerprint density at radius 2 is 2.00 bits per heavy atom. The molecule has 0 aliphatic carbocycles. The highest BCUT2D eigenvalue weighted by atomic mass is 32.2. The Morgan fingerprint density at radius 3 is 2.50 bits per heavy atom. The molecule has 2 N–H and O–H groups in total. The Morgan fingerprint density at radius 1 is 1.30 bits per heavy atom. The number of hydrogen-bond acceptors (Lipinski definition) is 6. The van der Waals surface area contributed by atoms with E-state index < -0.39 is 10.0 Å². The molecule has 8 heteroatoms. The van der Waals surface area contributed by atoms with Gasteiger partial charge in [0.2, 0.25) is 10.0 Å². The predicted molar refractivity (Wildman–Crippen MR) is 76.2 cm³/mol. The summed E-state index contributed by atoms with van der Waals surface area (Å²) in [5.41, 5.74) is 0. The Balaban J connectivity index is 2.01.